The van der Waals surface area contributed by atoms with Crippen LogP contribution >= 0.6 is 43.5 Å². The van der Waals surface area contributed by atoms with Gasteiger partial charge in [-0.3, -0.25) is 0 Å². The highest BCUT2D eigenvalue weighted by atomic mass is 79.9. The highest BCUT2D eigenvalue weighted by Gasteiger charge is 2.16. The number of hydrogen-bond donors (Lipinski definition) is 0. The molecule has 0 radical (unpaired) electrons. The molecule has 1 atom stereocenters. The SMILES string of the molecule is Fc1cc(C(Br)Cc2cccc(Br)c2)c(F)cc1Cl. The maximum atomic E-state index is 13.8. The van der Waals surface area contributed by atoms with Gasteiger partial charge in [0.25, 0.3) is 0 Å². The van der Waals surface area contributed by atoms with Crippen LogP contribution in [-0.2, 0) is 6.42 Å². The zero-order valence-corrected chi connectivity index (χ0v) is 13.6. The first-order valence-electron chi connectivity index (χ1n) is 5.50. The molecule has 2 rings (SSSR count). The fraction of sp³-hybridized carbons (Fsp3) is 0.143. The van der Waals surface area contributed by atoms with Crippen LogP contribution in [0.15, 0.2) is 40.9 Å². The Balaban J connectivity index is 2.25. The van der Waals surface area contributed by atoms with Crippen LogP contribution < -0.4 is 0 Å². The maximum absolute atomic E-state index is 13.8. The molecular formula is C14H9Br2ClF2. The summed E-state index contributed by atoms with van der Waals surface area (Å²) in [4.78, 5) is -0.312. The van der Waals surface area contributed by atoms with Crippen LogP contribution in [0.2, 0.25) is 5.02 Å². The van der Waals surface area contributed by atoms with E-state index in [4.69, 9.17) is 11.6 Å². The van der Waals surface area contributed by atoms with Gasteiger partial charge in [0.05, 0.1) is 5.02 Å². The van der Waals surface area contributed by atoms with Gasteiger partial charge in [0.2, 0.25) is 0 Å². The Morgan fingerprint density at radius 2 is 1.84 bits per heavy atom. The minimum absolute atomic E-state index is 0.205. The lowest BCUT2D eigenvalue weighted by Gasteiger charge is -2.12. The second-order valence-electron chi connectivity index (χ2n) is 4.09. The minimum Gasteiger partial charge on any atom is -0.207 e. The largest absolute Gasteiger partial charge is 0.207 e. The van der Waals surface area contributed by atoms with Crippen LogP contribution in [0.25, 0.3) is 0 Å². The molecule has 19 heavy (non-hydrogen) atoms. The Kier molecular flexibility index (Phi) is 4.98. The molecule has 0 spiro atoms. The lowest BCUT2D eigenvalue weighted by Crippen LogP contribution is -2.00. The summed E-state index contributed by atoms with van der Waals surface area (Å²) in [5.74, 6) is -1.12. The van der Waals surface area contributed by atoms with Gasteiger partial charge in [-0.05, 0) is 36.2 Å². The molecule has 0 fully saturated rings. The molecule has 0 saturated heterocycles. The fourth-order valence-corrected chi connectivity index (χ4v) is 3.08. The van der Waals surface area contributed by atoms with Gasteiger partial charge in [-0.15, -0.1) is 0 Å². The fourth-order valence-electron chi connectivity index (χ4n) is 1.76. The molecule has 1 unspecified atom stereocenters. The van der Waals surface area contributed by atoms with Crippen molar-refractivity contribution in [1.29, 1.82) is 0 Å². The number of halogens is 5. The van der Waals surface area contributed by atoms with E-state index in [0.717, 1.165) is 22.2 Å². The molecule has 0 nitrogen and oxygen atoms in total. The molecule has 0 bridgehead atoms. The van der Waals surface area contributed by atoms with Gasteiger partial charge >= 0.3 is 0 Å². The number of rotatable bonds is 3. The van der Waals surface area contributed by atoms with Crippen LogP contribution in [0.1, 0.15) is 16.0 Å². The molecule has 2 aromatic carbocycles. The van der Waals surface area contributed by atoms with Crippen LogP contribution in [0.4, 0.5) is 8.78 Å². The van der Waals surface area contributed by atoms with E-state index in [1.54, 1.807) is 0 Å². The van der Waals surface area contributed by atoms with E-state index in [2.05, 4.69) is 31.9 Å². The average Bonchev–Trinajstić information content (AvgIpc) is 2.33. The second kappa shape index (κ2) is 6.33. The molecule has 0 heterocycles. The average molecular weight is 410 g/mol. The van der Waals surface area contributed by atoms with E-state index in [-0.39, 0.29) is 15.4 Å². The van der Waals surface area contributed by atoms with E-state index in [1.165, 1.54) is 0 Å². The number of hydrogen-bond acceptors (Lipinski definition) is 0. The van der Waals surface area contributed by atoms with Gasteiger partial charge in [-0.2, -0.15) is 0 Å². The Bertz CT molecular complexity index is 602. The van der Waals surface area contributed by atoms with Crippen molar-refractivity contribution in [3.05, 3.63) is 68.7 Å². The molecule has 2 aromatic rings. The first kappa shape index (κ1) is 14.9. The predicted octanol–water partition coefficient (Wildman–Crippen LogP) is 6.06. The first-order valence-corrected chi connectivity index (χ1v) is 7.59. The maximum Gasteiger partial charge on any atom is 0.142 e. The van der Waals surface area contributed by atoms with E-state index < -0.39 is 11.6 Å². The quantitative estimate of drug-likeness (QED) is 0.426. The van der Waals surface area contributed by atoms with Crippen molar-refractivity contribution in [1.82, 2.24) is 0 Å². The van der Waals surface area contributed by atoms with E-state index in [1.807, 2.05) is 24.3 Å². The van der Waals surface area contributed by atoms with Crippen LogP contribution in [0.3, 0.4) is 0 Å². The topological polar surface area (TPSA) is 0 Å². The highest BCUT2D eigenvalue weighted by Crippen LogP contribution is 2.32. The summed E-state index contributed by atoms with van der Waals surface area (Å²) in [6.45, 7) is 0. The van der Waals surface area contributed by atoms with Crippen molar-refractivity contribution in [2.75, 3.05) is 0 Å². The number of benzene rings is 2. The molecule has 0 aliphatic carbocycles. The van der Waals surface area contributed by atoms with Gasteiger partial charge in [-0.25, -0.2) is 8.78 Å². The third-order valence-electron chi connectivity index (χ3n) is 2.68. The zero-order valence-electron chi connectivity index (χ0n) is 9.64. The van der Waals surface area contributed by atoms with E-state index >= 15 is 0 Å². The molecule has 0 aromatic heterocycles. The number of alkyl halides is 1. The third-order valence-corrected chi connectivity index (χ3v) is 4.28. The van der Waals surface area contributed by atoms with E-state index in [0.29, 0.717) is 6.42 Å². The van der Waals surface area contributed by atoms with Crippen molar-refractivity contribution < 1.29 is 8.78 Å². The smallest absolute Gasteiger partial charge is 0.142 e. The molecule has 0 aliphatic heterocycles. The molecule has 5 heteroatoms. The molecule has 100 valence electrons. The Labute approximate surface area is 132 Å². The molecule has 0 N–H and O–H groups in total. The standard InChI is InChI=1S/C14H9Br2ClF2/c15-9-3-1-2-8(4-9)5-11(16)10-6-14(19)12(17)7-13(10)18/h1-4,6-7,11H,5H2. The molecule has 0 amide bonds. The van der Waals surface area contributed by atoms with Gasteiger partial charge in [0.15, 0.2) is 0 Å². The van der Waals surface area contributed by atoms with Crippen LogP contribution in [0.5, 0.6) is 0 Å². The molecule has 0 aliphatic rings. The van der Waals surface area contributed by atoms with Gasteiger partial charge in [-0.1, -0.05) is 55.6 Å². The van der Waals surface area contributed by atoms with Crippen molar-refractivity contribution in [3.8, 4) is 0 Å². The predicted molar refractivity (Wildman–Crippen MR) is 80.9 cm³/mol. The van der Waals surface area contributed by atoms with Crippen molar-refractivity contribution in [3.63, 3.8) is 0 Å². The van der Waals surface area contributed by atoms with Gasteiger partial charge in [0, 0.05) is 14.9 Å². The third kappa shape index (κ3) is 3.77. The molecular weight excluding hydrogens is 401 g/mol. The summed E-state index contributed by atoms with van der Waals surface area (Å²) < 4.78 is 28.1. The Hall–Kier alpha value is -0.450. The van der Waals surface area contributed by atoms with Crippen LogP contribution in [0, 0.1) is 11.6 Å². The van der Waals surface area contributed by atoms with E-state index in [9.17, 15) is 8.78 Å². The van der Waals surface area contributed by atoms with Gasteiger partial charge in [0.1, 0.15) is 11.6 Å². The summed E-state index contributed by atoms with van der Waals surface area (Å²) in [7, 11) is 0. The summed E-state index contributed by atoms with van der Waals surface area (Å²) in [6.07, 6.45) is 0.553. The molecule has 0 saturated carbocycles. The van der Waals surface area contributed by atoms with Crippen LogP contribution in [-0.4, -0.2) is 0 Å². The highest BCUT2D eigenvalue weighted by molar-refractivity contribution is 9.10. The summed E-state index contributed by atoms with van der Waals surface area (Å²) >= 11 is 12.3. The van der Waals surface area contributed by atoms with Crippen molar-refractivity contribution in [2.45, 2.75) is 11.2 Å². The monoisotopic (exact) mass is 408 g/mol. The van der Waals surface area contributed by atoms with Gasteiger partial charge < -0.3 is 0 Å². The Morgan fingerprint density at radius 3 is 2.53 bits per heavy atom. The summed E-state index contributed by atoms with van der Waals surface area (Å²) in [5, 5.41) is -0.205. The Morgan fingerprint density at radius 1 is 1.11 bits per heavy atom. The lowest BCUT2D eigenvalue weighted by molar-refractivity contribution is 0.584. The normalized spacial score (nSPS) is 12.5. The summed E-state index contributed by atoms with van der Waals surface area (Å²) in [5.41, 5.74) is 1.29. The second-order valence-corrected chi connectivity index (χ2v) is 6.52. The lowest BCUT2D eigenvalue weighted by atomic mass is 10.0. The summed E-state index contributed by atoms with van der Waals surface area (Å²) in [6, 6.07) is 9.82. The zero-order chi connectivity index (χ0) is 14.0. The first-order chi connectivity index (χ1) is 8.97. The van der Waals surface area contributed by atoms with Crippen molar-refractivity contribution in [2.24, 2.45) is 0 Å². The minimum atomic E-state index is -0.614. The van der Waals surface area contributed by atoms with Crippen molar-refractivity contribution >= 4 is 43.5 Å².